The topological polar surface area (TPSA) is 79.8 Å². The molecule has 0 saturated carbocycles. The molecular formula is C16H21N3O3. The van der Waals surface area contributed by atoms with Crippen LogP contribution in [0, 0.1) is 5.92 Å². The maximum atomic E-state index is 11.5. The van der Waals surface area contributed by atoms with E-state index in [1.807, 2.05) is 13.8 Å². The third-order valence-electron chi connectivity index (χ3n) is 2.48. The van der Waals surface area contributed by atoms with Gasteiger partial charge >= 0.3 is 11.8 Å². The van der Waals surface area contributed by atoms with Crippen molar-refractivity contribution in [1.82, 2.24) is 10.7 Å². The molecule has 118 valence electrons. The van der Waals surface area contributed by atoms with Crippen LogP contribution < -0.4 is 15.5 Å². The Balaban J connectivity index is 2.49. The molecule has 0 fully saturated rings. The predicted octanol–water partition coefficient (Wildman–Crippen LogP) is 1.47. The Morgan fingerprint density at radius 3 is 2.82 bits per heavy atom. The van der Waals surface area contributed by atoms with Crippen molar-refractivity contribution in [3.8, 4) is 5.75 Å². The van der Waals surface area contributed by atoms with E-state index in [0.717, 1.165) is 5.56 Å². The lowest BCUT2D eigenvalue weighted by atomic mass is 10.2. The Kier molecular flexibility index (Phi) is 7.39. The normalized spacial score (nSPS) is 10.5. The first-order valence-corrected chi connectivity index (χ1v) is 6.98. The first-order chi connectivity index (χ1) is 10.5. The van der Waals surface area contributed by atoms with Gasteiger partial charge in [0.05, 0.1) is 6.21 Å². The van der Waals surface area contributed by atoms with Crippen LogP contribution in [-0.4, -0.2) is 31.2 Å². The zero-order valence-corrected chi connectivity index (χ0v) is 12.8. The van der Waals surface area contributed by atoms with Gasteiger partial charge in [-0.2, -0.15) is 5.10 Å². The number of nitrogens with zero attached hydrogens (tertiary/aromatic N) is 1. The van der Waals surface area contributed by atoms with E-state index in [-0.39, 0.29) is 5.92 Å². The second kappa shape index (κ2) is 9.33. The summed E-state index contributed by atoms with van der Waals surface area (Å²) >= 11 is 0. The van der Waals surface area contributed by atoms with Crippen LogP contribution in [0.2, 0.25) is 0 Å². The molecule has 6 nitrogen and oxygen atoms in total. The number of hydrogen-bond donors (Lipinski definition) is 2. The highest BCUT2D eigenvalue weighted by Gasteiger charge is 2.11. The molecule has 0 saturated heterocycles. The Morgan fingerprint density at radius 2 is 2.14 bits per heavy atom. The second-order valence-corrected chi connectivity index (χ2v) is 4.98. The highest BCUT2D eigenvalue weighted by molar-refractivity contribution is 6.35. The molecule has 1 aromatic carbocycles. The number of nitrogens with one attached hydrogen (secondary N) is 2. The van der Waals surface area contributed by atoms with E-state index in [2.05, 4.69) is 22.4 Å². The Bertz CT molecular complexity index is 553. The highest BCUT2D eigenvalue weighted by atomic mass is 16.5. The van der Waals surface area contributed by atoms with Crippen molar-refractivity contribution >= 4 is 18.0 Å². The van der Waals surface area contributed by atoms with Crippen LogP contribution in [0.3, 0.4) is 0 Å². The third kappa shape index (κ3) is 6.69. The molecule has 2 amide bonds. The molecule has 22 heavy (non-hydrogen) atoms. The molecule has 1 rings (SSSR count). The van der Waals surface area contributed by atoms with Crippen LogP contribution in [0.25, 0.3) is 0 Å². The standard InChI is InChI=1S/C16H21N3O3/c1-4-8-22-14-7-5-6-13(9-14)11-18-19-16(21)15(20)17-10-12(2)3/h4-7,9,11-12H,1,8,10H2,2-3H3,(H,17,20)(H,19,21)/b18-11-. The maximum Gasteiger partial charge on any atom is 0.329 e. The zero-order chi connectivity index (χ0) is 16.4. The van der Waals surface area contributed by atoms with E-state index in [9.17, 15) is 9.59 Å². The summed E-state index contributed by atoms with van der Waals surface area (Å²) in [5.74, 6) is -0.548. The zero-order valence-electron chi connectivity index (χ0n) is 12.8. The van der Waals surface area contributed by atoms with E-state index >= 15 is 0 Å². The highest BCUT2D eigenvalue weighted by Crippen LogP contribution is 2.11. The van der Waals surface area contributed by atoms with Crippen LogP contribution in [0.1, 0.15) is 19.4 Å². The first kappa shape index (κ1) is 17.4. The molecular weight excluding hydrogens is 282 g/mol. The van der Waals surface area contributed by atoms with Crippen molar-refractivity contribution in [2.45, 2.75) is 13.8 Å². The molecule has 0 spiro atoms. The van der Waals surface area contributed by atoms with Crippen molar-refractivity contribution in [3.05, 3.63) is 42.5 Å². The molecule has 0 aliphatic carbocycles. The van der Waals surface area contributed by atoms with E-state index in [4.69, 9.17) is 4.74 Å². The first-order valence-electron chi connectivity index (χ1n) is 6.98. The van der Waals surface area contributed by atoms with Crippen LogP contribution >= 0.6 is 0 Å². The van der Waals surface area contributed by atoms with Gasteiger partial charge in [-0.3, -0.25) is 9.59 Å². The van der Waals surface area contributed by atoms with E-state index in [0.29, 0.717) is 18.9 Å². The van der Waals surface area contributed by atoms with Crippen molar-refractivity contribution in [1.29, 1.82) is 0 Å². The molecule has 0 bridgehead atoms. The number of hydrazone groups is 1. The summed E-state index contributed by atoms with van der Waals surface area (Å²) in [5.41, 5.74) is 2.92. The molecule has 0 atom stereocenters. The van der Waals surface area contributed by atoms with Gasteiger partial charge < -0.3 is 10.1 Å². The van der Waals surface area contributed by atoms with Crippen LogP contribution in [-0.2, 0) is 9.59 Å². The van der Waals surface area contributed by atoms with Gasteiger partial charge in [-0.1, -0.05) is 38.6 Å². The van der Waals surface area contributed by atoms with E-state index < -0.39 is 11.8 Å². The molecule has 0 unspecified atom stereocenters. The minimum atomic E-state index is -0.795. The predicted molar refractivity (Wildman–Crippen MR) is 85.7 cm³/mol. The average molecular weight is 303 g/mol. The van der Waals surface area contributed by atoms with Crippen molar-refractivity contribution in [2.75, 3.05) is 13.2 Å². The lowest BCUT2D eigenvalue weighted by Crippen LogP contribution is -2.39. The number of benzene rings is 1. The fourth-order valence-corrected chi connectivity index (χ4v) is 1.43. The van der Waals surface area contributed by atoms with E-state index in [1.165, 1.54) is 6.21 Å². The van der Waals surface area contributed by atoms with Gasteiger partial charge in [0.1, 0.15) is 12.4 Å². The Hall–Kier alpha value is -2.63. The van der Waals surface area contributed by atoms with Crippen molar-refractivity contribution in [2.24, 2.45) is 11.0 Å². The number of ether oxygens (including phenoxy) is 1. The van der Waals surface area contributed by atoms with Crippen molar-refractivity contribution in [3.63, 3.8) is 0 Å². The molecule has 6 heteroatoms. The summed E-state index contributed by atoms with van der Waals surface area (Å²) in [4.78, 5) is 22.9. The number of carbonyl (C=O) groups excluding carboxylic acids is 2. The van der Waals surface area contributed by atoms with Gasteiger partial charge in [0.2, 0.25) is 0 Å². The molecule has 0 aliphatic rings. The number of rotatable bonds is 7. The number of hydrogen-bond acceptors (Lipinski definition) is 4. The monoisotopic (exact) mass is 303 g/mol. The van der Waals surface area contributed by atoms with Gasteiger partial charge in [-0.05, 0) is 23.6 Å². The minimum absolute atomic E-state index is 0.276. The summed E-state index contributed by atoms with van der Waals surface area (Å²) in [5, 5.41) is 6.26. The number of amides is 2. The lowest BCUT2D eigenvalue weighted by molar-refractivity contribution is -0.139. The fourth-order valence-electron chi connectivity index (χ4n) is 1.43. The maximum absolute atomic E-state index is 11.5. The number of carbonyl (C=O) groups is 2. The second-order valence-electron chi connectivity index (χ2n) is 4.98. The Labute approximate surface area is 130 Å². The van der Waals surface area contributed by atoms with Gasteiger partial charge in [-0.15, -0.1) is 0 Å². The average Bonchev–Trinajstić information content (AvgIpc) is 2.50. The van der Waals surface area contributed by atoms with Gasteiger partial charge in [0.25, 0.3) is 0 Å². The molecule has 0 heterocycles. The van der Waals surface area contributed by atoms with Crippen LogP contribution in [0.15, 0.2) is 42.0 Å². The van der Waals surface area contributed by atoms with Crippen molar-refractivity contribution < 1.29 is 14.3 Å². The van der Waals surface area contributed by atoms with E-state index in [1.54, 1.807) is 30.3 Å². The summed E-state index contributed by atoms with van der Waals surface area (Å²) in [7, 11) is 0. The minimum Gasteiger partial charge on any atom is -0.490 e. The lowest BCUT2D eigenvalue weighted by Gasteiger charge is -2.06. The molecule has 1 aromatic rings. The Morgan fingerprint density at radius 1 is 1.36 bits per heavy atom. The van der Waals surface area contributed by atoms with Gasteiger partial charge in [0, 0.05) is 6.54 Å². The summed E-state index contributed by atoms with van der Waals surface area (Å²) in [6, 6.07) is 7.17. The van der Waals surface area contributed by atoms with Crippen LogP contribution in [0.5, 0.6) is 5.75 Å². The molecule has 0 aromatic heterocycles. The molecule has 0 aliphatic heterocycles. The van der Waals surface area contributed by atoms with Crippen LogP contribution in [0.4, 0.5) is 0 Å². The molecule has 0 radical (unpaired) electrons. The SMILES string of the molecule is C=CCOc1cccc(/C=N\NC(=O)C(=O)NCC(C)C)c1. The van der Waals surface area contributed by atoms with Gasteiger partial charge in [-0.25, -0.2) is 5.43 Å². The quantitative estimate of drug-likeness (QED) is 0.346. The largest absolute Gasteiger partial charge is 0.490 e. The smallest absolute Gasteiger partial charge is 0.329 e. The summed E-state index contributed by atoms with van der Waals surface area (Å²) in [6.07, 6.45) is 3.09. The summed E-state index contributed by atoms with van der Waals surface area (Å²) in [6.45, 7) is 8.31. The summed E-state index contributed by atoms with van der Waals surface area (Å²) < 4.78 is 5.38. The third-order valence-corrected chi connectivity index (χ3v) is 2.48. The van der Waals surface area contributed by atoms with Gasteiger partial charge in [0.15, 0.2) is 0 Å². The fraction of sp³-hybridized carbons (Fsp3) is 0.312. The molecule has 2 N–H and O–H groups in total.